The van der Waals surface area contributed by atoms with Crippen LogP contribution in [0.4, 0.5) is 5.00 Å². The molecule has 0 fully saturated rings. The predicted molar refractivity (Wildman–Crippen MR) is 122 cm³/mol. The van der Waals surface area contributed by atoms with Gasteiger partial charge in [0, 0.05) is 16.9 Å². The molecular weight excluding hydrogens is 396 g/mol. The standard InChI is InChI=1S/C24H26N2O3S/c1-4-15(2)29-19-12-8-11-18(14-19)23(28)26-24-21(22(25)27)16(3)20(30-24)13-17-9-6-5-7-10-17/h5-12,14-15H,4,13H2,1-3H3,(H2,25,27)(H,26,28). The Balaban J connectivity index is 1.85. The lowest BCUT2D eigenvalue weighted by Crippen LogP contribution is -2.17. The van der Waals surface area contributed by atoms with E-state index in [-0.39, 0.29) is 12.0 Å². The van der Waals surface area contributed by atoms with E-state index in [1.807, 2.05) is 57.2 Å². The summed E-state index contributed by atoms with van der Waals surface area (Å²) in [5.41, 5.74) is 8.39. The first kappa shape index (κ1) is 21.6. The van der Waals surface area contributed by atoms with Crippen molar-refractivity contribution in [2.45, 2.75) is 39.7 Å². The molecule has 156 valence electrons. The van der Waals surface area contributed by atoms with E-state index in [1.54, 1.807) is 18.2 Å². The van der Waals surface area contributed by atoms with E-state index < -0.39 is 5.91 Å². The fraction of sp³-hybridized carbons (Fsp3) is 0.250. The minimum Gasteiger partial charge on any atom is -0.491 e. The maximum atomic E-state index is 12.9. The number of thiophene rings is 1. The smallest absolute Gasteiger partial charge is 0.256 e. The number of benzene rings is 2. The fourth-order valence-electron chi connectivity index (χ4n) is 3.10. The van der Waals surface area contributed by atoms with E-state index >= 15 is 0 Å². The van der Waals surface area contributed by atoms with Gasteiger partial charge in [-0.25, -0.2) is 0 Å². The van der Waals surface area contributed by atoms with Gasteiger partial charge in [0.15, 0.2) is 0 Å². The molecule has 3 aromatic rings. The van der Waals surface area contributed by atoms with Crippen molar-refractivity contribution in [3.8, 4) is 5.75 Å². The van der Waals surface area contributed by atoms with Crippen LogP contribution >= 0.6 is 11.3 Å². The number of nitrogens with two attached hydrogens (primary N) is 1. The zero-order chi connectivity index (χ0) is 21.7. The van der Waals surface area contributed by atoms with Crippen molar-refractivity contribution >= 4 is 28.2 Å². The number of anilines is 1. The van der Waals surface area contributed by atoms with Crippen LogP contribution in [0, 0.1) is 6.92 Å². The van der Waals surface area contributed by atoms with E-state index in [0.717, 1.165) is 22.4 Å². The number of hydrogen-bond donors (Lipinski definition) is 2. The molecule has 5 nitrogen and oxygen atoms in total. The zero-order valence-corrected chi connectivity index (χ0v) is 18.2. The average Bonchev–Trinajstić information content (AvgIpc) is 3.03. The molecule has 0 spiro atoms. The molecule has 2 amide bonds. The van der Waals surface area contributed by atoms with E-state index in [0.29, 0.717) is 28.3 Å². The van der Waals surface area contributed by atoms with Crippen LogP contribution in [0.5, 0.6) is 5.75 Å². The lowest BCUT2D eigenvalue weighted by molar-refractivity contribution is 0.100. The fourth-order valence-corrected chi connectivity index (χ4v) is 4.34. The third-order valence-electron chi connectivity index (χ3n) is 4.93. The summed E-state index contributed by atoms with van der Waals surface area (Å²) in [7, 11) is 0. The molecule has 0 aliphatic heterocycles. The molecule has 3 rings (SSSR count). The van der Waals surface area contributed by atoms with E-state index in [9.17, 15) is 9.59 Å². The van der Waals surface area contributed by atoms with Crippen LogP contribution in [0.1, 0.15) is 57.0 Å². The Bertz CT molecular complexity index is 1040. The van der Waals surface area contributed by atoms with Crippen LogP contribution in [-0.4, -0.2) is 17.9 Å². The number of primary amides is 1. The predicted octanol–water partition coefficient (Wildman–Crippen LogP) is 5.18. The maximum Gasteiger partial charge on any atom is 0.256 e. The van der Waals surface area contributed by atoms with E-state index in [4.69, 9.17) is 10.5 Å². The molecule has 0 aliphatic rings. The number of ether oxygens (including phenoxy) is 1. The zero-order valence-electron chi connectivity index (χ0n) is 17.4. The van der Waals surface area contributed by atoms with Gasteiger partial charge in [0.25, 0.3) is 11.8 Å². The maximum absolute atomic E-state index is 12.9. The first-order valence-corrected chi connectivity index (χ1v) is 10.7. The number of nitrogens with one attached hydrogen (secondary N) is 1. The summed E-state index contributed by atoms with van der Waals surface area (Å²) in [5, 5.41) is 3.35. The van der Waals surface area contributed by atoms with Gasteiger partial charge >= 0.3 is 0 Å². The van der Waals surface area contributed by atoms with Crippen molar-refractivity contribution < 1.29 is 14.3 Å². The van der Waals surface area contributed by atoms with Crippen molar-refractivity contribution in [3.05, 3.63) is 81.7 Å². The lowest BCUT2D eigenvalue weighted by Gasteiger charge is -2.13. The molecule has 0 saturated carbocycles. The number of rotatable bonds is 8. The molecule has 0 radical (unpaired) electrons. The van der Waals surface area contributed by atoms with Gasteiger partial charge in [-0.3, -0.25) is 9.59 Å². The molecule has 1 atom stereocenters. The number of carbonyl (C=O) groups excluding carboxylic acids is 2. The average molecular weight is 423 g/mol. The number of carbonyl (C=O) groups is 2. The minimum absolute atomic E-state index is 0.0604. The molecule has 1 aromatic heterocycles. The highest BCUT2D eigenvalue weighted by Gasteiger charge is 2.21. The first-order chi connectivity index (χ1) is 14.4. The Morgan fingerprint density at radius 1 is 1.13 bits per heavy atom. The second-order valence-corrected chi connectivity index (χ2v) is 8.30. The second kappa shape index (κ2) is 9.59. The summed E-state index contributed by atoms with van der Waals surface area (Å²) in [5.74, 6) is -0.217. The van der Waals surface area contributed by atoms with Gasteiger partial charge in [-0.1, -0.05) is 43.3 Å². The summed E-state index contributed by atoms with van der Waals surface area (Å²) in [6, 6.07) is 17.0. The van der Waals surface area contributed by atoms with Gasteiger partial charge < -0.3 is 15.8 Å². The van der Waals surface area contributed by atoms with E-state index in [1.165, 1.54) is 11.3 Å². The molecule has 30 heavy (non-hydrogen) atoms. The largest absolute Gasteiger partial charge is 0.491 e. The molecular formula is C24H26N2O3S. The molecule has 0 bridgehead atoms. The van der Waals surface area contributed by atoms with Gasteiger partial charge in [0.05, 0.1) is 11.7 Å². The van der Waals surface area contributed by atoms with Gasteiger partial charge in [-0.2, -0.15) is 0 Å². The van der Waals surface area contributed by atoms with Crippen molar-refractivity contribution in [1.82, 2.24) is 0 Å². The Hall–Kier alpha value is -3.12. The van der Waals surface area contributed by atoms with Crippen LogP contribution in [-0.2, 0) is 6.42 Å². The van der Waals surface area contributed by atoms with E-state index in [2.05, 4.69) is 5.32 Å². The molecule has 0 saturated heterocycles. The quantitative estimate of drug-likeness (QED) is 0.525. The monoisotopic (exact) mass is 422 g/mol. The summed E-state index contributed by atoms with van der Waals surface area (Å²) < 4.78 is 5.80. The summed E-state index contributed by atoms with van der Waals surface area (Å²) in [6.45, 7) is 5.89. The summed E-state index contributed by atoms with van der Waals surface area (Å²) >= 11 is 1.39. The lowest BCUT2D eigenvalue weighted by atomic mass is 10.1. The highest BCUT2D eigenvalue weighted by atomic mass is 32.1. The molecule has 0 aliphatic carbocycles. The molecule has 2 aromatic carbocycles. The molecule has 6 heteroatoms. The normalized spacial score (nSPS) is 11.7. The second-order valence-electron chi connectivity index (χ2n) is 7.20. The van der Waals surface area contributed by atoms with Crippen molar-refractivity contribution in [3.63, 3.8) is 0 Å². The molecule has 1 heterocycles. The third-order valence-corrected chi connectivity index (χ3v) is 6.14. The minimum atomic E-state index is -0.549. The Morgan fingerprint density at radius 3 is 2.53 bits per heavy atom. The Morgan fingerprint density at radius 2 is 1.87 bits per heavy atom. The van der Waals surface area contributed by atoms with Gasteiger partial charge in [-0.15, -0.1) is 11.3 Å². The highest BCUT2D eigenvalue weighted by molar-refractivity contribution is 7.17. The third kappa shape index (κ3) is 5.07. The van der Waals surface area contributed by atoms with Crippen molar-refractivity contribution in [2.24, 2.45) is 5.73 Å². The van der Waals surface area contributed by atoms with Crippen molar-refractivity contribution in [2.75, 3.05) is 5.32 Å². The van der Waals surface area contributed by atoms with Gasteiger partial charge in [-0.05, 0) is 49.6 Å². The number of hydrogen-bond acceptors (Lipinski definition) is 4. The molecule has 3 N–H and O–H groups in total. The van der Waals surface area contributed by atoms with Crippen LogP contribution in [0.2, 0.25) is 0 Å². The van der Waals surface area contributed by atoms with Crippen LogP contribution < -0.4 is 15.8 Å². The van der Waals surface area contributed by atoms with Crippen LogP contribution in [0.3, 0.4) is 0 Å². The SMILES string of the molecule is CCC(C)Oc1cccc(C(=O)Nc2sc(Cc3ccccc3)c(C)c2C(N)=O)c1. The topological polar surface area (TPSA) is 81.4 Å². The van der Waals surface area contributed by atoms with Crippen LogP contribution in [0.25, 0.3) is 0 Å². The van der Waals surface area contributed by atoms with Crippen LogP contribution in [0.15, 0.2) is 54.6 Å². The summed E-state index contributed by atoms with van der Waals surface area (Å²) in [6.07, 6.45) is 1.60. The first-order valence-electron chi connectivity index (χ1n) is 9.93. The summed E-state index contributed by atoms with van der Waals surface area (Å²) in [4.78, 5) is 26.0. The van der Waals surface area contributed by atoms with Gasteiger partial charge in [0.1, 0.15) is 10.8 Å². The van der Waals surface area contributed by atoms with Gasteiger partial charge in [0.2, 0.25) is 0 Å². The number of amides is 2. The Kier molecular flexibility index (Phi) is 6.90. The highest BCUT2D eigenvalue weighted by Crippen LogP contribution is 2.34. The van der Waals surface area contributed by atoms with Crippen molar-refractivity contribution in [1.29, 1.82) is 0 Å². The molecule has 1 unspecified atom stereocenters. The Labute approximate surface area is 180 Å².